The van der Waals surface area contributed by atoms with Gasteiger partial charge in [-0.05, 0) is 24.8 Å². The summed E-state index contributed by atoms with van der Waals surface area (Å²) in [4.78, 5) is 12.5. The van der Waals surface area contributed by atoms with Gasteiger partial charge < -0.3 is 10.4 Å². The second kappa shape index (κ2) is 7.35. The third-order valence-corrected chi connectivity index (χ3v) is 4.35. The summed E-state index contributed by atoms with van der Waals surface area (Å²) in [5.41, 5.74) is 1.72. The van der Waals surface area contributed by atoms with Crippen LogP contribution >= 0.6 is 0 Å². The maximum atomic E-state index is 13.7. The Morgan fingerprint density at radius 2 is 2.12 bits per heavy atom. The molecule has 25 heavy (non-hydrogen) atoms. The predicted molar refractivity (Wildman–Crippen MR) is 92.7 cm³/mol. The summed E-state index contributed by atoms with van der Waals surface area (Å²) in [5.74, 6) is 0.0784. The summed E-state index contributed by atoms with van der Waals surface area (Å²) < 4.78 is 15.6. The van der Waals surface area contributed by atoms with Gasteiger partial charge in [-0.15, -0.1) is 0 Å². The third-order valence-electron chi connectivity index (χ3n) is 4.35. The number of halogens is 1. The number of nitrogens with one attached hydrogen (secondary N) is 1. The van der Waals surface area contributed by atoms with Crippen molar-refractivity contribution < 1.29 is 14.3 Å². The van der Waals surface area contributed by atoms with Gasteiger partial charge in [0.2, 0.25) is 0 Å². The predicted octanol–water partition coefficient (Wildman–Crippen LogP) is 3.02. The highest BCUT2D eigenvalue weighted by Gasteiger charge is 2.32. The van der Waals surface area contributed by atoms with Gasteiger partial charge in [-0.3, -0.25) is 9.48 Å². The Kier molecular flexibility index (Phi) is 5.18. The molecule has 2 aromatic rings. The van der Waals surface area contributed by atoms with E-state index >= 15 is 0 Å². The molecule has 1 atom stereocenters. The molecule has 1 saturated carbocycles. The molecule has 1 aliphatic carbocycles. The average molecular weight is 345 g/mol. The fourth-order valence-corrected chi connectivity index (χ4v) is 2.99. The topological polar surface area (TPSA) is 67.2 Å². The van der Waals surface area contributed by atoms with Crippen LogP contribution < -0.4 is 5.32 Å². The Balaban J connectivity index is 1.69. The van der Waals surface area contributed by atoms with Crippen LogP contribution in [0.3, 0.4) is 0 Å². The molecular weight excluding hydrogens is 321 g/mol. The van der Waals surface area contributed by atoms with Gasteiger partial charge in [-0.25, -0.2) is 4.39 Å². The maximum Gasteiger partial charge on any atom is 0.254 e. The Hall–Kier alpha value is -2.21. The van der Waals surface area contributed by atoms with Gasteiger partial charge in [-0.2, -0.15) is 5.10 Å². The first kappa shape index (κ1) is 17.6. The highest BCUT2D eigenvalue weighted by Crippen LogP contribution is 2.41. The van der Waals surface area contributed by atoms with Crippen molar-refractivity contribution in [3.05, 3.63) is 53.1 Å². The van der Waals surface area contributed by atoms with Crippen LogP contribution in [0.25, 0.3) is 0 Å². The normalized spacial score (nSPS) is 15.4. The van der Waals surface area contributed by atoms with E-state index in [2.05, 4.69) is 24.3 Å². The number of carbonyl (C=O) groups excluding carboxylic acids is 1. The zero-order chi connectivity index (χ0) is 18.0. The summed E-state index contributed by atoms with van der Waals surface area (Å²) >= 11 is 0. The molecule has 1 fully saturated rings. The largest absolute Gasteiger partial charge is 0.386 e. The first-order valence-electron chi connectivity index (χ1n) is 8.73. The van der Waals surface area contributed by atoms with Crippen LogP contribution in [0.4, 0.5) is 4.39 Å². The summed E-state index contributed by atoms with van der Waals surface area (Å²) in [7, 11) is 0. The van der Waals surface area contributed by atoms with E-state index in [4.69, 9.17) is 0 Å². The first-order chi connectivity index (χ1) is 12.0. The fourth-order valence-electron chi connectivity index (χ4n) is 2.99. The number of hydrogen-bond acceptors (Lipinski definition) is 3. The molecule has 3 rings (SSSR count). The number of benzene rings is 1. The number of nitrogens with zero attached hydrogens (tertiary/aromatic N) is 2. The smallest absolute Gasteiger partial charge is 0.254 e. The molecule has 1 amide bonds. The van der Waals surface area contributed by atoms with Crippen LogP contribution in [0.5, 0.6) is 0 Å². The Bertz CT molecular complexity index is 753. The van der Waals surface area contributed by atoms with E-state index in [0.29, 0.717) is 17.4 Å². The lowest BCUT2D eigenvalue weighted by Gasteiger charge is -2.14. The van der Waals surface area contributed by atoms with E-state index < -0.39 is 11.9 Å². The Labute approximate surface area is 146 Å². The van der Waals surface area contributed by atoms with E-state index in [1.807, 2.05) is 4.68 Å². The second-order valence-corrected chi connectivity index (χ2v) is 7.04. The molecular formula is C19H24FN3O2. The molecule has 6 heteroatoms. The van der Waals surface area contributed by atoms with E-state index in [1.165, 1.54) is 12.1 Å². The first-order valence-corrected chi connectivity index (χ1v) is 8.73. The molecule has 1 aromatic heterocycles. The van der Waals surface area contributed by atoms with Crippen molar-refractivity contribution in [1.29, 1.82) is 0 Å². The monoisotopic (exact) mass is 345 g/mol. The highest BCUT2D eigenvalue weighted by molar-refractivity contribution is 5.95. The van der Waals surface area contributed by atoms with Crippen LogP contribution in [-0.4, -0.2) is 27.3 Å². The van der Waals surface area contributed by atoms with Gasteiger partial charge in [0, 0.05) is 24.6 Å². The number of hydrogen-bond donors (Lipinski definition) is 2. The number of amides is 1. The lowest BCUT2D eigenvalue weighted by atomic mass is 10.1. The molecule has 2 N–H and O–H groups in total. The van der Waals surface area contributed by atoms with Gasteiger partial charge in [0.1, 0.15) is 5.82 Å². The maximum absolute atomic E-state index is 13.7. The van der Waals surface area contributed by atoms with Gasteiger partial charge in [0.15, 0.2) is 0 Å². The zero-order valence-corrected chi connectivity index (χ0v) is 14.6. The van der Waals surface area contributed by atoms with Crippen LogP contribution in [0.2, 0.25) is 0 Å². The molecule has 0 aliphatic heterocycles. The summed E-state index contributed by atoms with van der Waals surface area (Å²) in [6.45, 7) is 4.96. The van der Waals surface area contributed by atoms with Crippen molar-refractivity contribution >= 4 is 5.91 Å². The number of rotatable bonds is 7. The molecule has 0 saturated heterocycles. The van der Waals surface area contributed by atoms with Crippen molar-refractivity contribution in [3.8, 4) is 0 Å². The Morgan fingerprint density at radius 3 is 2.76 bits per heavy atom. The molecule has 0 spiro atoms. The number of aliphatic hydroxyl groups is 1. The summed E-state index contributed by atoms with van der Waals surface area (Å²) in [5, 5.41) is 17.2. The average Bonchev–Trinajstić information content (AvgIpc) is 3.33. The Morgan fingerprint density at radius 1 is 1.40 bits per heavy atom. The molecule has 0 bridgehead atoms. The van der Waals surface area contributed by atoms with Crippen LogP contribution in [-0.2, 0) is 6.54 Å². The standard InChI is InChI=1S/C19H24FN3O2/c1-12(2)11-23-18(13-7-8-13)15(9-22-23)19(25)21-10-17(24)14-5-3-4-6-16(14)20/h3-6,9,12-13,17,24H,7-8,10-11H2,1-2H3,(H,21,25). The van der Waals surface area contributed by atoms with Crippen molar-refractivity contribution in [2.24, 2.45) is 5.92 Å². The SMILES string of the molecule is CC(C)Cn1ncc(C(=O)NCC(O)c2ccccc2F)c1C1CC1. The van der Waals surface area contributed by atoms with E-state index in [-0.39, 0.29) is 18.0 Å². The van der Waals surface area contributed by atoms with Gasteiger partial charge in [0.05, 0.1) is 23.6 Å². The van der Waals surface area contributed by atoms with Crippen molar-refractivity contribution in [3.63, 3.8) is 0 Å². The highest BCUT2D eigenvalue weighted by atomic mass is 19.1. The van der Waals surface area contributed by atoms with E-state index in [0.717, 1.165) is 25.1 Å². The third kappa shape index (κ3) is 4.07. The molecule has 1 unspecified atom stereocenters. The van der Waals surface area contributed by atoms with Crippen LogP contribution in [0.1, 0.15) is 60.3 Å². The van der Waals surface area contributed by atoms with Gasteiger partial charge in [0.25, 0.3) is 5.91 Å². The van der Waals surface area contributed by atoms with Crippen LogP contribution in [0, 0.1) is 11.7 Å². The van der Waals surface area contributed by atoms with Crippen molar-refractivity contribution in [1.82, 2.24) is 15.1 Å². The molecule has 5 nitrogen and oxygen atoms in total. The minimum Gasteiger partial charge on any atom is -0.386 e. The lowest BCUT2D eigenvalue weighted by Crippen LogP contribution is -2.29. The molecule has 1 heterocycles. The summed E-state index contributed by atoms with van der Waals surface area (Å²) in [6, 6.07) is 6.03. The van der Waals surface area contributed by atoms with E-state index in [1.54, 1.807) is 18.3 Å². The van der Waals surface area contributed by atoms with E-state index in [9.17, 15) is 14.3 Å². The number of aromatic nitrogens is 2. The number of aliphatic hydroxyl groups excluding tert-OH is 1. The van der Waals surface area contributed by atoms with Gasteiger partial charge in [-0.1, -0.05) is 32.0 Å². The van der Waals surface area contributed by atoms with Crippen molar-refractivity contribution in [2.75, 3.05) is 6.54 Å². The zero-order valence-electron chi connectivity index (χ0n) is 14.6. The molecule has 1 aliphatic rings. The quantitative estimate of drug-likeness (QED) is 0.811. The molecule has 0 radical (unpaired) electrons. The lowest BCUT2D eigenvalue weighted by molar-refractivity contribution is 0.0913. The second-order valence-electron chi connectivity index (χ2n) is 7.04. The molecule has 1 aromatic carbocycles. The number of carbonyl (C=O) groups is 1. The summed E-state index contributed by atoms with van der Waals surface area (Å²) in [6.07, 6.45) is 2.66. The molecule has 134 valence electrons. The van der Waals surface area contributed by atoms with Crippen LogP contribution in [0.15, 0.2) is 30.5 Å². The van der Waals surface area contributed by atoms with Gasteiger partial charge >= 0.3 is 0 Å². The fraction of sp³-hybridized carbons (Fsp3) is 0.474. The minimum atomic E-state index is -1.08. The minimum absolute atomic E-state index is 0.0424. The van der Waals surface area contributed by atoms with Crippen molar-refractivity contribution in [2.45, 2.75) is 45.3 Å².